The quantitative estimate of drug-likeness (QED) is 0.735. The van der Waals surface area contributed by atoms with Crippen molar-refractivity contribution >= 4 is 28.0 Å². The zero-order chi connectivity index (χ0) is 18.1. The van der Waals surface area contributed by atoms with Crippen molar-refractivity contribution in [2.45, 2.75) is 39.2 Å². The van der Waals surface area contributed by atoms with Crippen molar-refractivity contribution in [3.63, 3.8) is 0 Å². The highest BCUT2D eigenvalue weighted by molar-refractivity contribution is 7.15. The van der Waals surface area contributed by atoms with E-state index in [0.29, 0.717) is 10.8 Å². The maximum atomic E-state index is 12.3. The molecule has 0 spiro atoms. The summed E-state index contributed by atoms with van der Waals surface area (Å²) in [6.45, 7) is 2.19. The van der Waals surface area contributed by atoms with E-state index in [1.165, 1.54) is 33.9 Å². The number of amides is 2. The van der Waals surface area contributed by atoms with Gasteiger partial charge in [0.2, 0.25) is 0 Å². The van der Waals surface area contributed by atoms with Crippen molar-refractivity contribution < 1.29 is 4.79 Å². The smallest absolute Gasteiger partial charge is 0.319 e. The number of aromatic nitrogens is 4. The fraction of sp³-hybridized carbons (Fsp3) is 0.353. The molecule has 0 bridgehead atoms. The lowest BCUT2D eigenvalue weighted by Crippen LogP contribution is -2.32. The summed E-state index contributed by atoms with van der Waals surface area (Å²) in [6.07, 6.45) is 7.29. The van der Waals surface area contributed by atoms with Crippen LogP contribution < -0.4 is 16.2 Å². The molecule has 8 nitrogen and oxygen atoms in total. The molecule has 2 N–H and O–H groups in total. The number of thiazole rings is 1. The predicted molar refractivity (Wildman–Crippen MR) is 98.6 cm³/mol. The number of anilines is 1. The van der Waals surface area contributed by atoms with E-state index in [0.717, 1.165) is 30.7 Å². The molecule has 3 aromatic heterocycles. The largest absolute Gasteiger partial charge is 0.331 e. The molecule has 0 aliphatic heterocycles. The Labute approximate surface area is 153 Å². The van der Waals surface area contributed by atoms with E-state index in [-0.39, 0.29) is 17.8 Å². The number of rotatable bonds is 3. The number of hydrogen-bond donors (Lipinski definition) is 2. The van der Waals surface area contributed by atoms with Crippen LogP contribution in [0.1, 0.15) is 35.6 Å². The molecule has 3 heterocycles. The van der Waals surface area contributed by atoms with Gasteiger partial charge in [-0.25, -0.2) is 19.7 Å². The minimum Gasteiger partial charge on any atom is -0.331 e. The maximum absolute atomic E-state index is 12.3. The lowest BCUT2D eigenvalue weighted by atomic mass is 9.95. The van der Waals surface area contributed by atoms with E-state index in [4.69, 9.17) is 0 Å². The molecule has 1 aliphatic carbocycles. The summed E-state index contributed by atoms with van der Waals surface area (Å²) in [5.74, 6) is 0.585. The van der Waals surface area contributed by atoms with Crippen molar-refractivity contribution in [3.05, 3.63) is 50.9 Å². The van der Waals surface area contributed by atoms with Crippen LogP contribution in [-0.4, -0.2) is 25.4 Å². The van der Waals surface area contributed by atoms with Gasteiger partial charge < -0.3 is 10.6 Å². The van der Waals surface area contributed by atoms with Crippen LogP contribution in [0.5, 0.6) is 0 Å². The monoisotopic (exact) mass is 370 g/mol. The molecular weight excluding hydrogens is 352 g/mol. The standard InChI is InChI=1S/C17H18N6O2S/c1-10-11-4-2-3-5-12(11)21-14(20-10)9-18-16(25)22-13-8-19-17-23(15(13)24)6-7-26-17/h6-8H,2-5,9H2,1H3,(H2,18,22,25). The molecule has 134 valence electrons. The molecule has 0 fully saturated rings. The van der Waals surface area contributed by atoms with Crippen LogP contribution >= 0.6 is 11.3 Å². The van der Waals surface area contributed by atoms with Gasteiger partial charge in [-0.2, -0.15) is 0 Å². The number of carbonyl (C=O) groups excluding carboxylic acids is 1. The van der Waals surface area contributed by atoms with E-state index in [1.807, 2.05) is 6.92 Å². The topological polar surface area (TPSA) is 101 Å². The lowest BCUT2D eigenvalue weighted by Gasteiger charge is -2.17. The van der Waals surface area contributed by atoms with Crippen LogP contribution in [-0.2, 0) is 19.4 Å². The van der Waals surface area contributed by atoms with Crippen LogP contribution in [0.25, 0.3) is 4.96 Å². The Morgan fingerprint density at radius 2 is 2.15 bits per heavy atom. The second-order valence-electron chi connectivity index (χ2n) is 6.20. The highest BCUT2D eigenvalue weighted by Gasteiger charge is 2.16. The lowest BCUT2D eigenvalue weighted by molar-refractivity contribution is 0.251. The number of urea groups is 1. The van der Waals surface area contributed by atoms with E-state index in [9.17, 15) is 9.59 Å². The summed E-state index contributed by atoms with van der Waals surface area (Å²) in [7, 11) is 0. The Kier molecular flexibility index (Phi) is 4.37. The first-order chi connectivity index (χ1) is 12.6. The van der Waals surface area contributed by atoms with Crippen LogP contribution in [0.2, 0.25) is 0 Å². The summed E-state index contributed by atoms with van der Waals surface area (Å²) in [5.41, 5.74) is 3.13. The minimum absolute atomic E-state index is 0.126. The fourth-order valence-corrected chi connectivity index (χ4v) is 3.83. The van der Waals surface area contributed by atoms with Gasteiger partial charge in [0.25, 0.3) is 5.56 Å². The molecule has 3 aromatic rings. The molecular formula is C17H18N6O2S. The van der Waals surface area contributed by atoms with Crippen molar-refractivity contribution in [1.82, 2.24) is 24.7 Å². The van der Waals surface area contributed by atoms with Crippen LogP contribution in [0.3, 0.4) is 0 Å². The van der Waals surface area contributed by atoms with Gasteiger partial charge in [0, 0.05) is 23.0 Å². The second-order valence-corrected chi connectivity index (χ2v) is 7.07. The van der Waals surface area contributed by atoms with E-state index < -0.39 is 6.03 Å². The third-order valence-electron chi connectivity index (χ3n) is 4.43. The van der Waals surface area contributed by atoms with Crippen molar-refractivity contribution in [3.8, 4) is 0 Å². The van der Waals surface area contributed by atoms with Gasteiger partial charge in [0.15, 0.2) is 4.96 Å². The average Bonchev–Trinajstić information content (AvgIpc) is 3.12. The Morgan fingerprint density at radius 3 is 3.04 bits per heavy atom. The van der Waals surface area contributed by atoms with Gasteiger partial charge in [-0.15, -0.1) is 11.3 Å². The zero-order valence-corrected chi connectivity index (χ0v) is 15.1. The molecule has 0 saturated heterocycles. The van der Waals surface area contributed by atoms with Crippen LogP contribution in [0, 0.1) is 6.92 Å². The summed E-state index contributed by atoms with van der Waals surface area (Å²) < 4.78 is 1.40. The Hall–Kier alpha value is -2.81. The van der Waals surface area contributed by atoms with Crippen LogP contribution in [0.4, 0.5) is 10.5 Å². The SMILES string of the molecule is Cc1nc(CNC(=O)Nc2cnc3sccn3c2=O)nc2c1CCCC2. The summed E-state index contributed by atoms with van der Waals surface area (Å²) >= 11 is 1.36. The molecule has 4 rings (SSSR count). The minimum atomic E-state index is -0.488. The maximum Gasteiger partial charge on any atom is 0.319 e. The van der Waals surface area contributed by atoms with Crippen molar-refractivity contribution in [2.75, 3.05) is 5.32 Å². The van der Waals surface area contributed by atoms with E-state index >= 15 is 0 Å². The highest BCUT2D eigenvalue weighted by atomic mass is 32.1. The molecule has 26 heavy (non-hydrogen) atoms. The van der Waals surface area contributed by atoms with Gasteiger partial charge in [-0.3, -0.25) is 9.20 Å². The van der Waals surface area contributed by atoms with Gasteiger partial charge in [-0.1, -0.05) is 0 Å². The average molecular weight is 370 g/mol. The van der Waals surface area contributed by atoms with Gasteiger partial charge >= 0.3 is 6.03 Å². The molecule has 1 aliphatic rings. The highest BCUT2D eigenvalue weighted by Crippen LogP contribution is 2.21. The summed E-state index contributed by atoms with van der Waals surface area (Å²) in [5, 5.41) is 7.01. The molecule has 0 saturated carbocycles. The zero-order valence-electron chi connectivity index (χ0n) is 14.3. The molecule has 0 radical (unpaired) electrons. The first kappa shape index (κ1) is 16.6. The molecule has 0 aromatic carbocycles. The van der Waals surface area contributed by atoms with Crippen LogP contribution in [0.15, 0.2) is 22.6 Å². The Balaban J connectivity index is 1.44. The Bertz CT molecular complexity index is 1040. The third kappa shape index (κ3) is 3.17. The van der Waals surface area contributed by atoms with Gasteiger partial charge in [0.05, 0.1) is 12.7 Å². The number of nitrogens with zero attached hydrogens (tertiary/aromatic N) is 4. The predicted octanol–water partition coefficient (Wildman–Crippen LogP) is 2.05. The van der Waals surface area contributed by atoms with E-state index in [1.54, 1.807) is 11.6 Å². The first-order valence-corrected chi connectivity index (χ1v) is 9.35. The van der Waals surface area contributed by atoms with Gasteiger partial charge in [-0.05, 0) is 38.2 Å². The first-order valence-electron chi connectivity index (χ1n) is 8.47. The number of fused-ring (bicyclic) bond motifs is 2. The van der Waals surface area contributed by atoms with Gasteiger partial charge in [0.1, 0.15) is 11.5 Å². The number of hydrogen-bond acceptors (Lipinski definition) is 6. The molecule has 0 unspecified atom stereocenters. The molecule has 2 amide bonds. The molecule has 9 heteroatoms. The molecule has 0 atom stereocenters. The third-order valence-corrected chi connectivity index (χ3v) is 5.20. The second kappa shape index (κ2) is 6.83. The summed E-state index contributed by atoms with van der Waals surface area (Å²) in [4.78, 5) is 38.2. The number of carbonyl (C=O) groups is 1. The number of aryl methyl sites for hydroxylation is 2. The summed E-state index contributed by atoms with van der Waals surface area (Å²) in [6, 6.07) is -0.488. The van der Waals surface area contributed by atoms with E-state index in [2.05, 4.69) is 25.6 Å². The number of nitrogens with one attached hydrogen (secondary N) is 2. The fourth-order valence-electron chi connectivity index (χ4n) is 3.16. The Morgan fingerprint density at radius 1 is 1.31 bits per heavy atom. The van der Waals surface area contributed by atoms with Crippen molar-refractivity contribution in [2.24, 2.45) is 0 Å². The normalized spacial score (nSPS) is 13.4. The van der Waals surface area contributed by atoms with Crippen molar-refractivity contribution in [1.29, 1.82) is 0 Å².